The molecular weight excluding hydrogens is 294 g/mol. The number of carbonyl (C=O) groups is 1. The number of imidazole rings is 1. The molecule has 3 rings (SSSR count). The monoisotopic (exact) mass is 315 g/mol. The molecule has 1 aromatic heterocycles. The van der Waals surface area contributed by atoms with E-state index in [9.17, 15) is 4.79 Å². The molecule has 0 unspecified atom stereocenters. The van der Waals surface area contributed by atoms with Gasteiger partial charge in [0.2, 0.25) is 5.91 Å². The van der Waals surface area contributed by atoms with Crippen molar-refractivity contribution < 1.29 is 4.79 Å². The van der Waals surface area contributed by atoms with E-state index in [2.05, 4.69) is 10.3 Å². The molecule has 4 nitrogen and oxygen atoms in total. The molecule has 5 heteroatoms. The van der Waals surface area contributed by atoms with Crippen LogP contribution in [0.4, 0.5) is 0 Å². The summed E-state index contributed by atoms with van der Waals surface area (Å²) in [5.74, 6) is 0.111. The minimum absolute atomic E-state index is 0.111. The molecule has 22 heavy (non-hydrogen) atoms. The lowest BCUT2D eigenvalue weighted by Crippen LogP contribution is -2.37. The van der Waals surface area contributed by atoms with E-state index in [0.717, 1.165) is 23.7 Å². The molecular formula is C17H21N3OS. The zero-order valence-electron chi connectivity index (χ0n) is 12.7. The standard InChI is InChI=1S/C17H21N3OS/c1-13(16(21)19-14-7-5-6-8-14)22-17-18-11-12-20(17)15-9-3-2-4-10-15/h2-4,9-14H,5-8H2,1H3,(H,19,21)/t13-/m0/s1. The molecule has 1 heterocycles. The van der Waals surface area contributed by atoms with Gasteiger partial charge in [0.25, 0.3) is 0 Å². The van der Waals surface area contributed by atoms with Crippen LogP contribution in [0.5, 0.6) is 0 Å². The summed E-state index contributed by atoms with van der Waals surface area (Å²) in [6.07, 6.45) is 8.38. The van der Waals surface area contributed by atoms with Crippen molar-refractivity contribution in [1.82, 2.24) is 14.9 Å². The van der Waals surface area contributed by atoms with Crippen molar-refractivity contribution >= 4 is 17.7 Å². The zero-order chi connectivity index (χ0) is 15.4. The van der Waals surface area contributed by atoms with Crippen molar-refractivity contribution in [3.63, 3.8) is 0 Å². The summed E-state index contributed by atoms with van der Waals surface area (Å²) in [4.78, 5) is 16.7. The topological polar surface area (TPSA) is 46.9 Å². The number of aromatic nitrogens is 2. The fourth-order valence-electron chi connectivity index (χ4n) is 2.76. The maximum absolute atomic E-state index is 12.3. The molecule has 1 amide bonds. The van der Waals surface area contributed by atoms with Gasteiger partial charge in [-0.1, -0.05) is 42.8 Å². The number of hydrogen-bond donors (Lipinski definition) is 1. The number of para-hydroxylation sites is 1. The van der Waals surface area contributed by atoms with Crippen LogP contribution in [0.1, 0.15) is 32.6 Å². The molecule has 0 saturated heterocycles. The molecule has 1 aliphatic carbocycles. The number of thioether (sulfide) groups is 1. The van der Waals surface area contributed by atoms with Crippen LogP contribution in [0, 0.1) is 0 Å². The number of nitrogens with zero attached hydrogens (tertiary/aromatic N) is 2. The molecule has 0 spiro atoms. The van der Waals surface area contributed by atoms with Crippen LogP contribution in [-0.2, 0) is 4.79 Å². The van der Waals surface area contributed by atoms with E-state index in [4.69, 9.17) is 0 Å². The third kappa shape index (κ3) is 3.53. The van der Waals surface area contributed by atoms with Gasteiger partial charge < -0.3 is 5.32 Å². The molecule has 2 aromatic rings. The predicted molar refractivity (Wildman–Crippen MR) is 89.3 cm³/mol. The Morgan fingerprint density at radius 1 is 1.32 bits per heavy atom. The van der Waals surface area contributed by atoms with Gasteiger partial charge >= 0.3 is 0 Å². The van der Waals surface area contributed by atoms with Crippen LogP contribution in [0.25, 0.3) is 5.69 Å². The van der Waals surface area contributed by atoms with Gasteiger partial charge in [-0.05, 0) is 31.9 Å². The maximum Gasteiger partial charge on any atom is 0.233 e. The van der Waals surface area contributed by atoms with Gasteiger partial charge in [0.1, 0.15) is 0 Å². The van der Waals surface area contributed by atoms with Gasteiger partial charge in [0.15, 0.2) is 5.16 Å². The number of carbonyl (C=O) groups excluding carboxylic acids is 1. The Kier molecular flexibility index (Phi) is 4.83. The third-order valence-electron chi connectivity index (χ3n) is 3.99. The second-order valence-electron chi connectivity index (χ2n) is 5.67. The highest BCUT2D eigenvalue weighted by Gasteiger charge is 2.22. The van der Waals surface area contributed by atoms with Crippen molar-refractivity contribution in [2.24, 2.45) is 0 Å². The summed E-state index contributed by atoms with van der Waals surface area (Å²) in [6.45, 7) is 1.94. The van der Waals surface area contributed by atoms with Gasteiger partial charge in [-0.2, -0.15) is 0 Å². The average Bonchev–Trinajstić information content (AvgIpc) is 3.19. The fourth-order valence-corrected chi connectivity index (χ4v) is 3.66. The van der Waals surface area contributed by atoms with Crippen molar-refractivity contribution in [2.75, 3.05) is 0 Å². The number of benzene rings is 1. The summed E-state index contributed by atoms with van der Waals surface area (Å²) < 4.78 is 2.02. The number of amides is 1. The van der Waals surface area contributed by atoms with E-state index in [1.807, 2.05) is 48.0 Å². The molecule has 1 saturated carbocycles. The van der Waals surface area contributed by atoms with E-state index in [1.165, 1.54) is 24.6 Å². The van der Waals surface area contributed by atoms with Crippen LogP contribution in [-0.4, -0.2) is 26.8 Å². The minimum Gasteiger partial charge on any atom is -0.352 e. The summed E-state index contributed by atoms with van der Waals surface area (Å²) in [7, 11) is 0. The second kappa shape index (κ2) is 7.01. The molecule has 0 bridgehead atoms. The zero-order valence-corrected chi connectivity index (χ0v) is 13.6. The first kappa shape index (κ1) is 15.2. The summed E-state index contributed by atoms with van der Waals surface area (Å²) >= 11 is 1.50. The van der Waals surface area contributed by atoms with Crippen molar-refractivity contribution in [2.45, 2.75) is 49.1 Å². The van der Waals surface area contributed by atoms with Crippen molar-refractivity contribution in [3.05, 3.63) is 42.7 Å². The van der Waals surface area contributed by atoms with Crippen molar-refractivity contribution in [1.29, 1.82) is 0 Å². The first-order valence-corrected chi connectivity index (χ1v) is 8.68. The Morgan fingerprint density at radius 3 is 2.77 bits per heavy atom. The van der Waals surface area contributed by atoms with Gasteiger partial charge in [0, 0.05) is 24.1 Å². The predicted octanol–water partition coefficient (Wildman–Crippen LogP) is 3.41. The number of rotatable bonds is 5. The van der Waals surface area contributed by atoms with E-state index in [0.29, 0.717) is 6.04 Å². The molecule has 1 aromatic carbocycles. The summed E-state index contributed by atoms with van der Waals surface area (Å²) in [5, 5.41) is 3.85. The first-order chi connectivity index (χ1) is 10.7. The average molecular weight is 315 g/mol. The van der Waals surface area contributed by atoms with Crippen LogP contribution in [0.15, 0.2) is 47.9 Å². The van der Waals surface area contributed by atoms with Gasteiger partial charge in [-0.3, -0.25) is 9.36 Å². The normalized spacial score (nSPS) is 16.6. The Morgan fingerprint density at radius 2 is 2.05 bits per heavy atom. The molecule has 1 N–H and O–H groups in total. The Bertz CT molecular complexity index is 620. The Hall–Kier alpha value is -1.75. The van der Waals surface area contributed by atoms with E-state index >= 15 is 0 Å². The highest BCUT2D eigenvalue weighted by Crippen LogP contribution is 2.25. The van der Waals surface area contributed by atoms with Gasteiger partial charge in [-0.15, -0.1) is 0 Å². The highest BCUT2D eigenvalue weighted by molar-refractivity contribution is 8.00. The van der Waals surface area contributed by atoms with Crippen LogP contribution in [0.2, 0.25) is 0 Å². The van der Waals surface area contributed by atoms with Gasteiger partial charge in [-0.25, -0.2) is 4.98 Å². The van der Waals surface area contributed by atoms with E-state index in [-0.39, 0.29) is 11.2 Å². The first-order valence-electron chi connectivity index (χ1n) is 7.80. The van der Waals surface area contributed by atoms with Gasteiger partial charge in [0.05, 0.1) is 5.25 Å². The smallest absolute Gasteiger partial charge is 0.233 e. The number of hydrogen-bond acceptors (Lipinski definition) is 3. The third-order valence-corrected chi connectivity index (χ3v) is 5.07. The second-order valence-corrected chi connectivity index (χ2v) is 6.97. The van der Waals surface area contributed by atoms with E-state index < -0.39 is 0 Å². The molecule has 0 radical (unpaired) electrons. The molecule has 1 aliphatic rings. The van der Waals surface area contributed by atoms with Crippen molar-refractivity contribution in [3.8, 4) is 5.69 Å². The lowest BCUT2D eigenvalue weighted by Gasteiger charge is -2.16. The van der Waals surface area contributed by atoms with Crippen LogP contribution < -0.4 is 5.32 Å². The molecule has 1 atom stereocenters. The lowest BCUT2D eigenvalue weighted by atomic mass is 10.2. The molecule has 1 fully saturated rings. The lowest BCUT2D eigenvalue weighted by molar-refractivity contribution is -0.120. The van der Waals surface area contributed by atoms with Crippen LogP contribution in [0.3, 0.4) is 0 Å². The quantitative estimate of drug-likeness (QED) is 0.860. The summed E-state index contributed by atoms with van der Waals surface area (Å²) in [5.41, 5.74) is 1.06. The maximum atomic E-state index is 12.3. The SMILES string of the molecule is C[C@H](Sc1nccn1-c1ccccc1)C(=O)NC1CCCC1. The molecule has 0 aliphatic heterocycles. The van der Waals surface area contributed by atoms with E-state index in [1.54, 1.807) is 6.20 Å². The fraction of sp³-hybridized carbons (Fsp3) is 0.412. The summed E-state index contributed by atoms with van der Waals surface area (Å²) in [6, 6.07) is 10.4. The Balaban J connectivity index is 1.65. The van der Waals surface area contributed by atoms with Crippen LogP contribution >= 0.6 is 11.8 Å². The number of nitrogens with one attached hydrogen (secondary N) is 1. The molecule has 116 valence electrons. The Labute approximate surface area is 135 Å². The highest BCUT2D eigenvalue weighted by atomic mass is 32.2. The minimum atomic E-state index is -0.148. The largest absolute Gasteiger partial charge is 0.352 e.